The molecule has 1 saturated heterocycles. The highest BCUT2D eigenvalue weighted by Gasteiger charge is 2.30. The normalized spacial score (nSPS) is 26.0. The van der Waals surface area contributed by atoms with Gasteiger partial charge in [-0.1, -0.05) is 31.0 Å². The molecule has 4 rings (SSSR count). The molecular weight excluding hydrogens is 314 g/mol. The maximum atomic E-state index is 5.56. The van der Waals surface area contributed by atoms with Gasteiger partial charge >= 0.3 is 0 Å². The minimum Gasteiger partial charge on any atom is -0.379 e. The first-order valence-corrected chi connectivity index (χ1v) is 10.6. The zero-order valence-corrected chi connectivity index (χ0v) is 15.4. The van der Waals surface area contributed by atoms with Crippen LogP contribution in [-0.2, 0) is 11.2 Å². The van der Waals surface area contributed by atoms with Crippen molar-refractivity contribution < 1.29 is 4.74 Å². The predicted molar refractivity (Wildman–Crippen MR) is 103 cm³/mol. The Morgan fingerprint density at radius 3 is 2.83 bits per heavy atom. The Morgan fingerprint density at radius 2 is 1.92 bits per heavy atom. The van der Waals surface area contributed by atoms with E-state index >= 15 is 0 Å². The van der Waals surface area contributed by atoms with Gasteiger partial charge in [-0.05, 0) is 60.4 Å². The van der Waals surface area contributed by atoms with Crippen LogP contribution in [-0.4, -0.2) is 37.2 Å². The molecule has 3 heteroatoms. The number of aryl methyl sites for hydroxylation is 1. The van der Waals surface area contributed by atoms with E-state index in [4.69, 9.17) is 4.74 Å². The zero-order valence-electron chi connectivity index (χ0n) is 14.6. The fourth-order valence-electron chi connectivity index (χ4n) is 4.70. The van der Waals surface area contributed by atoms with E-state index in [2.05, 4.69) is 34.5 Å². The summed E-state index contributed by atoms with van der Waals surface area (Å²) in [7, 11) is 0. The molecule has 1 aromatic heterocycles. The van der Waals surface area contributed by atoms with Crippen LogP contribution in [0.5, 0.6) is 0 Å². The van der Waals surface area contributed by atoms with Gasteiger partial charge in [-0.25, -0.2) is 0 Å². The summed E-state index contributed by atoms with van der Waals surface area (Å²) >= 11 is 1.90. The minimum absolute atomic E-state index is 0.821. The number of hydrogen-bond acceptors (Lipinski definition) is 3. The Hall–Kier alpha value is -0.900. The van der Waals surface area contributed by atoms with Crippen LogP contribution in [0.4, 0.5) is 0 Å². The monoisotopic (exact) mass is 343 g/mol. The van der Waals surface area contributed by atoms with Crippen LogP contribution >= 0.6 is 11.3 Å². The third-order valence-electron chi connectivity index (χ3n) is 5.97. The molecule has 1 aliphatic carbocycles. The van der Waals surface area contributed by atoms with Crippen LogP contribution < -0.4 is 0 Å². The number of rotatable bonds is 5. The summed E-state index contributed by atoms with van der Waals surface area (Å²) < 4.78 is 7.00. The summed E-state index contributed by atoms with van der Waals surface area (Å²) in [6.45, 7) is 4.17. The molecule has 1 aromatic carbocycles. The molecule has 1 aliphatic heterocycles. The van der Waals surface area contributed by atoms with Crippen LogP contribution in [0, 0.1) is 5.92 Å². The van der Waals surface area contributed by atoms with E-state index in [0.717, 1.165) is 38.3 Å². The maximum absolute atomic E-state index is 5.56. The van der Waals surface area contributed by atoms with Crippen molar-refractivity contribution in [2.24, 2.45) is 5.92 Å². The molecule has 2 aliphatic rings. The topological polar surface area (TPSA) is 12.5 Å². The lowest BCUT2D eigenvalue weighted by Crippen LogP contribution is -2.48. The molecule has 0 N–H and O–H groups in total. The second-order valence-corrected chi connectivity index (χ2v) is 8.32. The van der Waals surface area contributed by atoms with Gasteiger partial charge in [0, 0.05) is 23.8 Å². The summed E-state index contributed by atoms with van der Waals surface area (Å²) in [5, 5.41) is 3.86. The van der Waals surface area contributed by atoms with Crippen LogP contribution in [0.25, 0.3) is 10.1 Å². The van der Waals surface area contributed by atoms with Crippen molar-refractivity contribution >= 4 is 21.4 Å². The minimum atomic E-state index is 0.821. The van der Waals surface area contributed by atoms with Crippen LogP contribution in [0.1, 0.15) is 44.1 Å². The lowest BCUT2D eigenvalue weighted by Gasteiger charge is -2.42. The summed E-state index contributed by atoms with van der Waals surface area (Å²) in [6, 6.07) is 9.69. The van der Waals surface area contributed by atoms with E-state index in [9.17, 15) is 0 Å². The first-order valence-electron chi connectivity index (χ1n) is 9.69. The van der Waals surface area contributed by atoms with Crippen molar-refractivity contribution in [2.75, 3.05) is 26.3 Å². The molecule has 2 atom stereocenters. The fraction of sp³-hybridized carbons (Fsp3) is 0.619. The van der Waals surface area contributed by atoms with Crippen molar-refractivity contribution in [3.63, 3.8) is 0 Å². The number of benzene rings is 1. The Morgan fingerprint density at radius 1 is 1.08 bits per heavy atom. The highest BCUT2D eigenvalue weighted by molar-refractivity contribution is 7.17. The maximum Gasteiger partial charge on any atom is 0.0594 e. The number of nitrogens with zero attached hydrogens (tertiary/aromatic N) is 1. The Bertz CT molecular complexity index is 646. The van der Waals surface area contributed by atoms with E-state index in [1.807, 2.05) is 11.3 Å². The van der Waals surface area contributed by atoms with Gasteiger partial charge in [-0.15, -0.1) is 11.3 Å². The molecule has 2 aromatic rings. The number of fused-ring (bicyclic) bond motifs is 1. The van der Waals surface area contributed by atoms with E-state index in [-0.39, 0.29) is 0 Å². The molecule has 0 radical (unpaired) electrons. The van der Waals surface area contributed by atoms with Crippen molar-refractivity contribution in [3.8, 4) is 0 Å². The molecule has 0 spiro atoms. The van der Waals surface area contributed by atoms with Gasteiger partial charge in [-0.3, -0.25) is 4.90 Å². The molecule has 2 heterocycles. The third-order valence-corrected chi connectivity index (χ3v) is 6.98. The van der Waals surface area contributed by atoms with Crippen LogP contribution in [0.3, 0.4) is 0 Å². The second kappa shape index (κ2) is 7.99. The molecule has 2 nitrogen and oxygen atoms in total. The molecule has 1 saturated carbocycles. The van der Waals surface area contributed by atoms with Gasteiger partial charge in [0.05, 0.1) is 13.2 Å². The van der Waals surface area contributed by atoms with Gasteiger partial charge in [0.1, 0.15) is 0 Å². The molecule has 130 valence electrons. The average molecular weight is 344 g/mol. The highest BCUT2D eigenvalue weighted by Crippen LogP contribution is 2.33. The van der Waals surface area contributed by atoms with Crippen molar-refractivity contribution in [1.29, 1.82) is 0 Å². The Labute approximate surface area is 149 Å². The summed E-state index contributed by atoms with van der Waals surface area (Å²) in [6.07, 6.45) is 9.69. The second-order valence-electron chi connectivity index (χ2n) is 7.41. The third kappa shape index (κ3) is 3.68. The van der Waals surface area contributed by atoms with Crippen molar-refractivity contribution in [3.05, 3.63) is 35.2 Å². The molecule has 2 unspecified atom stereocenters. The largest absolute Gasteiger partial charge is 0.379 e. The van der Waals surface area contributed by atoms with E-state index in [0.29, 0.717) is 0 Å². The predicted octanol–water partition coefficient (Wildman–Crippen LogP) is 5.12. The Kier molecular flexibility index (Phi) is 5.51. The molecule has 24 heavy (non-hydrogen) atoms. The van der Waals surface area contributed by atoms with Crippen LogP contribution in [0.2, 0.25) is 0 Å². The van der Waals surface area contributed by atoms with E-state index < -0.39 is 0 Å². The number of morpholine rings is 1. The molecular formula is C21H29NOS. The number of ether oxygens (including phenoxy) is 1. The first kappa shape index (κ1) is 16.6. The smallest absolute Gasteiger partial charge is 0.0594 e. The summed E-state index contributed by atoms with van der Waals surface area (Å²) in [5.41, 5.74) is 1.56. The molecule has 0 bridgehead atoms. The SMILES string of the molecule is c1ccc2c(CCCC3CCCCC3N3CCOCC3)csc2c1. The van der Waals surface area contributed by atoms with E-state index in [1.165, 1.54) is 55.0 Å². The number of thiophene rings is 1. The summed E-state index contributed by atoms with van der Waals surface area (Å²) in [4.78, 5) is 2.73. The quantitative estimate of drug-likeness (QED) is 0.747. The van der Waals surface area contributed by atoms with E-state index in [1.54, 1.807) is 5.56 Å². The van der Waals surface area contributed by atoms with Gasteiger partial charge in [0.15, 0.2) is 0 Å². The van der Waals surface area contributed by atoms with Gasteiger partial charge in [0.2, 0.25) is 0 Å². The van der Waals surface area contributed by atoms with Gasteiger partial charge in [-0.2, -0.15) is 0 Å². The fourth-order valence-corrected chi connectivity index (χ4v) is 5.69. The summed E-state index contributed by atoms with van der Waals surface area (Å²) in [5.74, 6) is 0.904. The van der Waals surface area contributed by atoms with Crippen molar-refractivity contribution in [2.45, 2.75) is 51.0 Å². The molecule has 0 amide bonds. The Balaban J connectivity index is 1.35. The average Bonchev–Trinajstić information content (AvgIpc) is 3.06. The zero-order chi connectivity index (χ0) is 16.2. The highest BCUT2D eigenvalue weighted by atomic mass is 32.1. The van der Waals surface area contributed by atoms with Gasteiger partial charge in [0.25, 0.3) is 0 Å². The van der Waals surface area contributed by atoms with Gasteiger partial charge < -0.3 is 4.74 Å². The molecule has 2 fully saturated rings. The lowest BCUT2D eigenvalue weighted by atomic mass is 9.80. The lowest BCUT2D eigenvalue weighted by molar-refractivity contribution is -0.00880. The first-order chi connectivity index (χ1) is 11.9. The number of hydrogen-bond donors (Lipinski definition) is 0. The standard InChI is InChI=1S/C21H29NOS/c1-3-10-20(22-12-14-23-15-13-22)17(6-1)7-5-8-18-16-24-21-11-4-2-9-19(18)21/h2,4,9,11,16-17,20H,1,3,5-8,10,12-15H2. The van der Waals surface area contributed by atoms with Crippen LogP contribution in [0.15, 0.2) is 29.6 Å². The van der Waals surface area contributed by atoms with Crippen molar-refractivity contribution in [1.82, 2.24) is 4.90 Å².